The minimum atomic E-state index is -0.260. The predicted molar refractivity (Wildman–Crippen MR) is 48.6 cm³/mol. The number of hydrogen-bond donors (Lipinski definition) is 0. The third-order valence-electron chi connectivity index (χ3n) is 2.53. The Kier molecular flexibility index (Phi) is 3.14. The van der Waals surface area contributed by atoms with Gasteiger partial charge in [-0.1, -0.05) is 13.3 Å². The van der Waals surface area contributed by atoms with Gasteiger partial charge in [0.2, 0.25) is 0 Å². The fourth-order valence-corrected chi connectivity index (χ4v) is 1.75. The fraction of sp³-hybridized carbons (Fsp3) is 0.889. The zero-order chi connectivity index (χ0) is 9.90. The van der Waals surface area contributed by atoms with Crippen LogP contribution in [0.25, 0.3) is 0 Å². The highest BCUT2D eigenvalue weighted by molar-refractivity contribution is 5.69. The zero-order valence-electron chi connectivity index (χ0n) is 8.50. The number of carbonyl (C=O) groups excluding carboxylic acids is 1. The highest BCUT2D eigenvalue weighted by Gasteiger charge is 2.45. The molecule has 1 fully saturated rings. The number of amides is 1. The van der Waals surface area contributed by atoms with Gasteiger partial charge in [0, 0.05) is 7.11 Å². The first-order chi connectivity index (χ1) is 6.17. The summed E-state index contributed by atoms with van der Waals surface area (Å²) in [6.07, 6.45) is 1.81. The molecule has 1 amide bonds. The second-order valence-electron chi connectivity index (χ2n) is 3.46. The van der Waals surface area contributed by atoms with Crippen LogP contribution in [-0.4, -0.2) is 43.9 Å². The van der Waals surface area contributed by atoms with Crippen molar-refractivity contribution in [3.05, 3.63) is 0 Å². The fourth-order valence-electron chi connectivity index (χ4n) is 1.75. The van der Waals surface area contributed by atoms with E-state index in [1.807, 2.05) is 0 Å². The van der Waals surface area contributed by atoms with Crippen LogP contribution < -0.4 is 0 Å². The normalized spacial score (nSPS) is 19.5. The molecule has 1 heterocycles. The summed E-state index contributed by atoms with van der Waals surface area (Å²) in [5.74, 6) is 0. The minimum absolute atomic E-state index is 0.108. The van der Waals surface area contributed by atoms with Crippen molar-refractivity contribution in [1.29, 1.82) is 0 Å². The van der Waals surface area contributed by atoms with Gasteiger partial charge in [-0.25, -0.2) is 4.79 Å². The lowest BCUT2D eigenvalue weighted by molar-refractivity contribution is -0.118. The molecule has 1 aliphatic heterocycles. The van der Waals surface area contributed by atoms with Gasteiger partial charge in [-0.3, -0.25) is 0 Å². The average molecular weight is 187 g/mol. The summed E-state index contributed by atoms with van der Waals surface area (Å²) in [5, 5.41) is 0. The lowest BCUT2D eigenvalue weighted by Gasteiger charge is -2.48. The smallest absolute Gasteiger partial charge is 0.409 e. The second-order valence-corrected chi connectivity index (χ2v) is 3.46. The van der Waals surface area contributed by atoms with Gasteiger partial charge in [0.25, 0.3) is 0 Å². The Balaban J connectivity index is 2.39. The van der Waals surface area contributed by atoms with E-state index in [1.54, 1.807) is 12.0 Å². The van der Waals surface area contributed by atoms with Gasteiger partial charge >= 0.3 is 6.09 Å². The molecule has 4 heteroatoms. The van der Waals surface area contributed by atoms with Crippen LogP contribution in [0.15, 0.2) is 0 Å². The van der Waals surface area contributed by atoms with Crippen molar-refractivity contribution in [1.82, 2.24) is 4.90 Å². The number of methoxy groups -OCH3 is 2. The topological polar surface area (TPSA) is 38.8 Å². The summed E-state index contributed by atoms with van der Waals surface area (Å²) in [7, 11) is 3.10. The van der Waals surface area contributed by atoms with Crippen LogP contribution in [0.3, 0.4) is 0 Å². The molecule has 1 rings (SSSR count). The summed E-state index contributed by atoms with van der Waals surface area (Å²) in [6, 6.07) is 0. The summed E-state index contributed by atoms with van der Waals surface area (Å²) < 4.78 is 9.99. The van der Waals surface area contributed by atoms with E-state index in [0.717, 1.165) is 12.8 Å². The van der Waals surface area contributed by atoms with Crippen LogP contribution in [0.4, 0.5) is 4.79 Å². The first-order valence-electron chi connectivity index (χ1n) is 4.55. The highest BCUT2D eigenvalue weighted by Crippen LogP contribution is 2.29. The molecule has 13 heavy (non-hydrogen) atoms. The van der Waals surface area contributed by atoms with Gasteiger partial charge in [-0.2, -0.15) is 0 Å². The Morgan fingerprint density at radius 1 is 1.46 bits per heavy atom. The third kappa shape index (κ3) is 1.94. The van der Waals surface area contributed by atoms with Crippen molar-refractivity contribution < 1.29 is 14.3 Å². The van der Waals surface area contributed by atoms with Gasteiger partial charge < -0.3 is 14.4 Å². The standard InChI is InChI=1S/C9H17NO3/c1-4-5-9(13-3)6-10(7-9)8(11)12-2/h4-7H2,1-3H3. The van der Waals surface area contributed by atoms with E-state index >= 15 is 0 Å². The third-order valence-corrected chi connectivity index (χ3v) is 2.53. The molecule has 0 unspecified atom stereocenters. The number of ether oxygens (including phenoxy) is 2. The van der Waals surface area contributed by atoms with Crippen LogP contribution in [-0.2, 0) is 9.47 Å². The first-order valence-corrected chi connectivity index (χ1v) is 4.55. The van der Waals surface area contributed by atoms with Crippen molar-refractivity contribution >= 4 is 6.09 Å². The number of carbonyl (C=O) groups is 1. The lowest BCUT2D eigenvalue weighted by atomic mass is 9.89. The molecule has 1 saturated heterocycles. The van der Waals surface area contributed by atoms with Crippen molar-refractivity contribution in [2.75, 3.05) is 27.3 Å². The average Bonchev–Trinajstić information content (AvgIpc) is 2.09. The summed E-state index contributed by atoms with van der Waals surface area (Å²) in [5.41, 5.74) is -0.108. The lowest BCUT2D eigenvalue weighted by Crippen LogP contribution is -2.64. The molecule has 0 aromatic rings. The molecule has 0 aromatic heterocycles. The predicted octanol–water partition coefficient (Wildman–Crippen LogP) is 1.25. The van der Waals surface area contributed by atoms with E-state index in [1.165, 1.54) is 7.11 Å². The Morgan fingerprint density at radius 2 is 2.08 bits per heavy atom. The summed E-state index contributed by atoms with van der Waals surface area (Å²) in [6.45, 7) is 3.43. The molecule has 0 bridgehead atoms. The maximum absolute atomic E-state index is 11.1. The highest BCUT2D eigenvalue weighted by atomic mass is 16.5. The molecule has 4 nitrogen and oxygen atoms in total. The Labute approximate surface area is 78.8 Å². The largest absolute Gasteiger partial charge is 0.453 e. The van der Waals surface area contributed by atoms with E-state index in [9.17, 15) is 4.79 Å². The van der Waals surface area contributed by atoms with Gasteiger partial charge in [-0.05, 0) is 6.42 Å². The van der Waals surface area contributed by atoms with E-state index in [0.29, 0.717) is 13.1 Å². The number of rotatable bonds is 3. The molecule has 1 aliphatic rings. The molecule has 76 valence electrons. The van der Waals surface area contributed by atoms with Crippen LogP contribution in [0.5, 0.6) is 0 Å². The molecule has 0 N–H and O–H groups in total. The number of nitrogens with zero attached hydrogens (tertiary/aromatic N) is 1. The van der Waals surface area contributed by atoms with Gasteiger partial charge in [0.1, 0.15) is 5.60 Å². The van der Waals surface area contributed by atoms with Crippen LogP contribution in [0.2, 0.25) is 0 Å². The van der Waals surface area contributed by atoms with Crippen LogP contribution in [0.1, 0.15) is 19.8 Å². The maximum atomic E-state index is 11.1. The van der Waals surface area contributed by atoms with E-state index in [-0.39, 0.29) is 11.7 Å². The molecule has 0 radical (unpaired) electrons. The van der Waals surface area contributed by atoms with Crippen molar-refractivity contribution in [2.24, 2.45) is 0 Å². The van der Waals surface area contributed by atoms with Gasteiger partial charge in [0.05, 0.1) is 20.2 Å². The molecule has 0 spiro atoms. The Hall–Kier alpha value is -0.770. The van der Waals surface area contributed by atoms with Crippen molar-refractivity contribution in [2.45, 2.75) is 25.4 Å². The molecule has 0 aromatic carbocycles. The number of hydrogen-bond acceptors (Lipinski definition) is 3. The monoisotopic (exact) mass is 187 g/mol. The van der Waals surface area contributed by atoms with Gasteiger partial charge in [-0.15, -0.1) is 0 Å². The quantitative estimate of drug-likeness (QED) is 0.667. The first kappa shape index (κ1) is 10.3. The zero-order valence-corrected chi connectivity index (χ0v) is 8.50. The van der Waals surface area contributed by atoms with E-state index < -0.39 is 0 Å². The molecule has 0 atom stereocenters. The molecular weight excluding hydrogens is 170 g/mol. The number of likely N-dealkylation sites (tertiary alicyclic amines) is 1. The Morgan fingerprint density at radius 3 is 2.46 bits per heavy atom. The minimum Gasteiger partial charge on any atom is -0.453 e. The van der Waals surface area contributed by atoms with Crippen molar-refractivity contribution in [3.63, 3.8) is 0 Å². The van der Waals surface area contributed by atoms with Crippen LogP contribution in [0, 0.1) is 0 Å². The SMILES string of the molecule is CCCC1(OC)CN(C(=O)OC)C1. The molecular formula is C9H17NO3. The molecule has 0 aliphatic carbocycles. The van der Waals surface area contributed by atoms with E-state index in [4.69, 9.17) is 4.74 Å². The van der Waals surface area contributed by atoms with Crippen molar-refractivity contribution in [3.8, 4) is 0 Å². The van der Waals surface area contributed by atoms with E-state index in [2.05, 4.69) is 11.7 Å². The maximum Gasteiger partial charge on any atom is 0.409 e. The van der Waals surface area contributed by atoms with Crippen LogP contribution >= 0.6 is 0 Å². The molecule has 0 saturated carbocycles. The Bertz CT molecular complexity index is 187. The van der Waals surface area contributed by atoms with Gasteiger partial charge in [0.15, 0.2) is 0 Å². The summed E-state index contributed by atoms with van der Waals surface area (Å²) >= 11 is 0. The summed E-state index contributed by atoms with van der Waals surface area (Å²) in [4.78, 5) is 12.7. The second kappa shape index (κ2) is 3.96.